The predicted molar refractivity (Wildman–Crippen MR) is 118 cm³/mol. The first-order chi connectivity index (χ1) is 14.8. The summed E-state index contributed by atoms with van der Waals surface area (Å²) >= 11 is 1.20. The van der Waals surface area contributed by atoms with E-state index in [4.69, 9.17) is 9.47 Å². The van der Waals surface area contributed by atoms with Crippen LogP contribution >= 0.6 is 11.3 Å². The van der Waals surface area contributed by atoms with Gasteiger partial charge in [-0.3, -0.25) is 14.9 Å². The number of hydrogen-bond acceptors (Lipinski definition) is 7. The van der Waals surface area contributed by atoms with Crippen molar-refractivity contribution in [1.29, 1.82) is 0 Å². The molecule has 1 heterocycles. The lowest BCUT2D eigenvalue weighted by Crippen LogP contribution is -2.15. The summed E-state index contributed by atoms with van der Waals surface area (Å²) in [6.07, 6.45) is 0. The smallest absolute Gasteiger partial charge is 0.341 e. The zero-order chi connectivity index (χ0) is 22.5. The van der Waals surface area contributed by atoms with Gasteiger partial charge in [0.2, 0.25) is 0 Å². The summed E-state index contributed by atoms with van der Waals surface area (Å²) in [7, 11) is 1.57. The van der Waals surface area contributed by atoms with Crippen LogP contribution in [0, 0.1) is 17.0 Å². The Morgan fingerprint density at radius 3 is 2.45 bits per heavy atom. The van der Waals surface area contributed by atoms with Gasteiger partial charge in [0, 0.05) is 28.1 Å². The maximum Gasteiger partial charge on any atom is 0.341 e. The number of hydrogen-bond donors (Lipinski definition) is 1. The molecule has 160 valence electrons. The second-order valence-electron chi connectivity index (χ2n) is 6.51. The van der Waals surface area contributed by atoms with Gasteiger partial charge in [0.15, 0.2) is 0 Å². The average molecular weight is 440 g/mol. The van der Waals surface area contributed by atoms with Crippen LogP contribution in [-0.4, -0.2) is 30.5 Å². The number of rotatable bonds is 7. The number of methoxy groups -OCH3 is 1. The van der Waals surface area contributed by atoms with Crippen LogP contribution in [0.1, 0.15) is 33.2 Å². The van der Waals surface area contributed by atoms with E-state index >= 15 is 0 Å². The van der Waals surface area contributed by atoms with Gasteiger partial charge in [-0.25, -0.2) is 4.79 Å². The Morgan fingerprint density at radius 2 is 1.87 bits per heavy atom. The lowest BCUT2D eigenvalue weighted by Gasteiger charge is -2.10. The van der Waals surface area contributed by atoms with Gasteiger partial charge in [-0.05, 0) is 43.7 Å². The maximum atomic E-state index is 12.8. The van der Waals surface area contributed by atoms with E-state index in [1.165, 1.54) is 29.5 Å². The molecule has 1 amide bonds. The van der Waals surface area contributed by atoms with E-state index in [0.29, 0.717) is 21.9 Å². The first-order valence-corrected chi connectivity index (χ1v) is 10.2. The molecule has 0 bridgehead atoms. The van der Waals surface area contributed by atoms with Crippen LogP contribution in [0.5, 0.6) is 5.75 Å². The summed E-state index contributed by atoms with van der Waals surface area (Å²) in [5.41, 5.74) is 2.20. The number of aryl methyl sites for hydroxylation is 1. The van der Waals surface area contributed by atoms with Crippen molar-refractivity contribution in [2.24, 2.45) is 0 Å². The molecule has 0 fully saturated rings. The van der Waals surface area contributed by atoms with Crippen molar-refractivity contribution in [1.82, 2.24) is 0 Å². The van der Waals surface area contributed by atoms with Crippen molar-refractivity contribution in [3.05, 3.63) is 74.6 Å². The summed E-state index contributed by atoms with van der Waals surface area (Å²) in [4.78, 5) is 35.9. The quantitative estimate of drug-likeness (QED) is 0.312. The van der Waals surface area contributed by atoms with Crippen molar-refractivity contribution in [2.75, 3.05) is 19.0 Å². The largest absolute Gasteiger partial charge is 0.497 e. The maximum absolute atomic E-state index is 12.8. The normalized spacial score (nSPS) is 10.4. The molecule has 0 saturated heterocycles. The number of nitrogens with one attached hydrogen (secondary N) is 1. The summed E-state index contributed by atoms with van der Waals surface area (Å²) in [5.74, 6) is -0.352. The van der Waals surface area contributed by atoms with Crippen LogP contribution in [0.4, 0.5) is 10.7 Å². The predicted octanol–water partition coefficient (Wildman–Crippen LogP) is 5.07. The van der Waals surface area contributed by atoms with Crippen LogP contribution in [0.2, 0.25) is 0 Å². The van der Waals surface area contributed by atoms with Crippen LogP contribution in [0.25, 0.3) is 11.1 Å². The van der Waals surface area contributed by atoms with E-state index in [0.717, 1.165) is 5.56 Å². The zero-order valence-electron chi connectivity index (χ0n) is 17.1. The van der Waals surface area contributed by atoms with Crippen molar-refractivity contribution in [3.63, 3.8) is 0 Å². The number of nitrogens with zero attached hydrogens (tertiary/aromatic N) is 1. The number of nitro groups is 1. The van der Waals surface area contributed by atoms with E-state index in [9.17, 15) is 19.7 Å². The molecule has 0 aliphatic carbocycles. The minimum atomic E-state index is -0.551. The Hall–Kier alpha value is -3.72. The molecule has 1 N–H and O–H groups in total. The lowest BCUT2D eigenvalue weighted by molar-refractivity contribution is -0.385. The molecule has 2 aromatic carbocycles. The Morgan fingerprint density at radius 1 is 1.16 bits per heavy atom. The van der Waals surface area contributed by atoms with Crippen molar-refractivity contribution in [2.45, 2.75) is 13.8 Å². The van der Waals surface area contributed by atoms with Gasteiger partial charge in [0.1, 0.15) is 16.3 Å². The fraction of sp³-hybridized carbons (Fsp3) is 0.182. The van der Waals surface area contributed by atoms with E-state index in [1.807, 2.05) is 12.1 Å². The minimum absolute atomic E-state index is 0.0679. The Balaban J connectivity index is 1.96. The fourth-order valence-electron chi connectivity index (χ4n) is 3.02. The van der Waals surface area contributed by atoms with Crippen LogP contribution in [0.15, 0.2) is 47.8 Å². The molecular weight excluding hydrogens is 420 g/mol. The molecule has 0 aliphatic heterocycles. The molecular formula is C22H20N2O6S. The lowest BCUT2D eigenvalue weighted by atomic mass is 10.0. The van der Waals surface area contributed by atoms with Crippen molar-refractivity contribution in [3.8, 4) is 16.9 Å². The summed E-state index contributed by atoms with van der Waals surface area (Å²) in [6.45, 7) is 3.45. The molecule has 0 saturated carbocycles. The third-order valence-corrected chi connectivity index (χ3v) is 5.45. The molecule has 0 unspecified atom stereocenters. The first kappa shape index (κ1) is 22.0. The topological polar surface area (TPSA) is 108 Å². The van der Waals surface area contributed by atoms with Crippen LogP contribution in [-0.2, 0) is 4.74 Å². The third-order valence-electron chi connectivity index (χ3n) is 4.55. The second-order valence-corrected chi connectivity index (χ2v) is 7.39. The zero-order valence-corrected chi connectivity index (χ0v) is 17.9. The van der Waals surface area contributed by atoms with Gasteiger partial charge >= 0.3 is 5.97 Å². The van der Waals surface area contributed by atoms with Gasteiger partial charge in [-0.15, -0.1) is 11.3 Å². The first-order valence-electron chi connectivity index (χ1n) is 9.35. The number of anilines is 1. The standard InChI is InChI=1S/C22H20N2O6S/c1-4-30-22(26)19-17(14-5-8-16(29-3)9-6-14)12-31-21(19)23-20(25)15-7-10-18(24(27)28)13(2)11-15/h5-12H,4H2,1-3H3,(H,23,25). The summed E-state index contributed by atoms with van der Waals surface area (Å²) in [5, 5.41) is 15.8. The monoisotopic (exact) mass is 440 g/mol. The number of benzene rings is 2. The van der Waals surface area contributed by atoms with E-state index in [-0.39, 0.29) is 23.4 Å². The molecule has 0 spiro atoms. The molecule has 0 radical (unpaired) electrons. The van der Waals surface area contributed by atoms with E-state index in [1.54, 1.807) is 38.5 Å². The molecule has 3 rings (SSSR count). The number of ether oxygens (including phenoxy) is 2. The second kappa shape index (κ2) is 9.40. The van der Waals surface area contributed by atoms with Crippen molar-refractivity contribution >= 4 is 33.9 Å². The SMILES string of the molecule is CCOC(=O)c1c(-c2ccc(OC)cc2)csc1NC(=O)c1ccc([N+](=O)[O-])c(C)c1. The molecule has 9 heteroatoms. The van der Waals surface area contributed by atoms with E-state index < -0.39 is 16.8 Å². The van der Waals surface area contributed by atoms with Gasteiger partial charge in [-0.1, -0.05) is 12.1 Å². The number of carbonyl (C=O) groups is 2. The highest BCUT2D eigenvalue weighted by atomic mass is 32.1. The van der Waals surface area contributed by atoms with Gasteiger partial charge in [-0.2, -0.15) is 0 Å². The highest BCUT2D eigenvalue weighted by Crippen LogP contribution is 2.37. The average Bonchev–Trinajstić information content (AvgIpc) is 3.17. The minimum Gasteiger partial charge on any atom is -0.497 e. The molecule has 0 atom stereocenters. The third kappa shape index (κ3) is 4.72. The molecule has 31 heavy (non-hydrogen) atoms. The van der Waals surface area contributed by atoms with Gasteiger partial charge in [0.05, 0.1) is 18.6 Å². The Bertz CT molecular complexity index is 1140. The Labute approximate surface area is 182 Å². The number of nitro benzene ring substituents is 1. The van der Waals surface area contributed by atoms with Crippen molar-refractivity contribution < 1.29 is 24.0 Å². The fourth-order valence-corrected chi connectivity index (χ4v) is 3.97. The number of amides is 1. The Kier molecular flexibility index (Phi) is 6.66. The van der Waals surface area contributed by atoms with E-state index in [2.05, 4.69) is 5.32 Å². The number of thiophene rings is 1. The summed E-state index contributed by atoms with van der Waals surface area (Å²) < 4.78 is 10.4. The van der Waals surface area contributed by atoms with Crippen LogP contribution < -0.4 is 10.1 Å². The molecule has 3 aromatic rings. The highest BCUT2D eigenvalue weighted by molar-refractivity contribution is 7.15. The van der Waals surface area contributed by atoms with Gasteiger partial charge < -0.3 is 14.8 Å². The number of carbonyl (C=O) groups excluding carboxylic acids is 2. The molecule has 1 aromatic heterocycles. The number of esters is 1. The molecule has 0 aliphatic rings. The van der Waals surface area contributed by atoms with Gasteiger partial charge in [0.25, 0.3) is 11.6 Å². The highest BCUT2D eigenvalue weighted by Gasteiger charge is 2.23. The summed E-state index contributed by atoms with van der Waals surface area (Å²) in [6, 6.07) is 11.3. The van der Waals surface area contributed by atoms with Crippen LogP contribution in [0.3, 0.4) is 0 Å². The molecule has 8 nitrogen and oxygen atoms in total.